The Balaban J connectivity index is 1.62. The number of amides is 1. The zero-order chi connectivity index (χ0) is 16.8. The number of piperazine rings is 1. The van der Waals surface area contributed by atoms with Gasteiger partial charge in [0.05, 0.1) is 0 Å². The number of rotatable bonds is 5. The first-order valence-corrected chi connectivity index (χ1v) is 7.90. The summed E-state index contributed by atoms with van der Waals surface area (Å²) in [4.78, 5) is 29.2. The van der Waals surface area contributed by atoms with E-state index in [0.717, 1.165) is 5.69 Å². The van der Waals surface area contributed by atoms with E-state index in [1.54, 1.807) is 36.8 Å². The molecular formula is C17H20N6O. The Morgan fingerprint density at radius 3 is 2.62 bits per heavy atom. The van der Waals surface area contributed by atoms with E-state index < -0.39 is 0 Å². The van der Waals surface area contributed by atoms with Crippen molar-refractivity contribution < 1.29 is 4.79 Å². The quantitative estimate of drug-likeness (QED) is 0.839. The van der Waals surface area contributed by atoms with Crippen molar-refractivity contribution in [2.75, 3.05) is 42.9 Å². The average Bonchev–Trinajstić information content (AvgIpc) is 2.67. The number of nitrogens with zero attached hydrogens (tertiary/aromatic N) is 5. The lowest BCUT2D eigenvalue weighted by Crippen LogP contribution is -2.49. The molecule has 1 fully saturated rings. The fraction of sp³-hybridized carbons (Fsp3) is 0.294. The molecule has 1 aliphatic rings. The van der Waals surface area contributed by atoms with Gasteiger partial charge in [-0.1, -0.05) is 6.08 Å². The van der Waals surface area contributed by atoms with Gasteiger partial charge in [0.1, 0.15) is 5.69 Å². The van der Waals surface area contributed by atoms with Gasteiger partial charge in [-0.2, -0.15) is 0 Å². The lowest BCUT2D eigenvalue weighted by molar-refractivity contribution is 0.0740. The Labute approximate surface area is 141 Å². The lowest BCUT2D eigenvalue weighted by atomic mass is 10.2. The Morgan fingerprint density at radius 1 is 1.17 bits per heavy atom. The van der Waals surface area contributed by atoms with Crippen LogP contribution in [-0.2, 0) is 0 Å². The van der Waals surface area contributed by atoms with E-state index in [4.69, 9.17) is 0 Å². The van der Waals surface area contributed by atoms with E-state index in [2.05, 4.69) is 31.7 Å². The Hall–Kier alpha value is -2.96. The summed E-state index contributed by atoms with van der Waals surface area (Å²) in [6.45, 7) is 7.00. The summed E-state index contributed by atoms with van der Waals surface area (Å²) in [5.74, 6) is 0.657. The second-order valence-electron chi connectivity index (χ2n) is 5.43. The van der Waals surface area contributed by atoms with Crippen LogP contribution in [0.2, 0.25) is 0 Å². The van der Waals surface area contributed by atoms with Crippen LogP contribution in [0.25, 0.3) is 0 Å². The fourth-order valence-electron chi connectivity index (χ4n) is 2.57. The number of aromatic nitrogens is 3. The highest BCUT2D eigenvalue weighted by atomic mass is 16.2. The molecule has 2 aromatic heterocycles. The van der Waals surface area contributed by atoms with Crippen LogP contribution in [0.3, 0.4) is 0 Å². The van der Waals surface area contributed by atoms with Gasteiger partial charge in [-0.25, -0.2) is 9.97 Å². The third-order valence-corrected chi connectivity index (χ3v) is 3.83. The third kappa shape index (κ3) is 3.68. The van der Waals surface area contributed by atoms with Crippen LogP contribution in [0.4, 0.5) is 11.6 Å². The van der Waals surface area contributed by atoms with E-state index in [0.29, 0.717) is 44.4 Å². The highest BCUT2D eigenvalue weighted by Crippen LogP contribution is 2.14. The summed E-state index contributed by atoms with van der Waals surface area (Å²) in [6.07, 6.45) is 6.87. The van der Waals surface area contributed by atoms with Gasteiger partial charge < -0.3 is 15.1 Å². The molecular weight excluding hydrogens is 304 g/mol. The van der Waals surface area contributed by atoms with Crippen LogP contribution in [0, 0.1) is 0 Å². The first-order chi connectivity index (χ1) is 11.8. The Bertz CT molecular complexity index is 697. The van der Waals surface area contributed by atoms with Crippen molar-refractivity contribution in [2.45, 2.75) is 0 Å². The highest BCUT2D eigenvalue weighted by molar-refractivity contribution is 5.93. The van der Waals surface area contributed by atoms with Crippen molar-refractivity contribution in [1.82, 2.24) is 19.9 Å². The first-order valence-electron chi connectivity index (χ1n) is 7.90. The lowest BCUT2D eigenvalue weighted by Gasteiger charge is -2.34. The smallest absolute Gasteiger partial charge is 0.272 e. The van der Waals surface area contributed by atoms with Crippen LogP contribution in [0.5, 0.6) is 0 Å². The molecule has 3 rings (SSSR count). The second-order valence-corrected chi connectivity index (χ2v) is 5.43. The minimum absolute atomic E-state index is 0.0501. The number of carbonyl (C=O) groups is 1. The number of anilines is 2. The van der Waals surface area contributed by atoms with Gasteiger partial charge in [0.25, 0.3) is 5.91 Å². The van der Waals surface area contributed by atoms with E-state index in [1.165, 1.54) is 0 Å². The van der Waals surface area contributed by atoms with Crippen LogP contribution < -0.4 is 10.2 Å². The predicted molar refractivity (Wildman–Crippen MR) is 93.1 cm³/mol. The van der Waals surface area contributed by atoms with Crippen molar-refractivity contribution >= 4 is 17.5 Å². The molecule has 1 amide bonds. The maximum atomic E-state index is 12.6. The summed E-state index contributed by atoms with van der Waals surface area (Å²) < 4.78 is 0. The van der Waals surface area contributed by atoms with E-state index in [9.17, 15) is 4.79 Å². The van der Waals surface area contributed by atoms with Gasteiger partial charge in [-0.3, -0.25) is 9.78 Å². The van der Waals surface area contributed by atoms with Crippen molar-refractivity contribution in [3.63, 3.8) is 0 Å². The number of nitrogens with one attached hydrogen (secondary N) is 1. The summed E-state index contributed by atoms with van der Waals surface area (Å²) >= 11 is 0. The van der Waals surface area contributed by atoms with Gasteiger partial charge in [0, 0.05) is 57.0 Å². The molecule has 0 bridgehead atoms. The van der Waals surface area contributed by atoms with Crippen LogP contribution >= 0.6 is 0 Å². The second kappa shape index (κ2) is 7.54. The Kier molecular flexibility index (Phi) is 5.00. The highest BCUT2D eigenvalue weighted by Gasteiger charge is 2.24. The molecule has 0 aliphatic carbocycles. The first kappa shape index (κ1) is 15.9. The SMILES string of the molecule is C=CCNc1ccnc(C(=O)N2CCN(c3ncccn3)CC2)c1. The molecule has 0 aromatic carbocycles. The summed E-state index contributed by atoms with van der Waals surface area (Å²) in [5.41, 5.74) is 1.32. The topological polar surface area (TPSA) is 74.2 Å². The van der Waals surface area contributed by atoms with Crippen molar-refractivity contribution in [3.8, 4) is 0 Å². The molecule has 1 saturated heterocycles. The number of hydrogen-bond donors (Lipinski definition) is 1. The van der Waals surface area contributed by atoms with Crippen LogP contribution in [0.15, 0.2) is 49.4 Å². The largest absolute Gasteiger partial charge is 0.381 e. The molecule has 1 aliphatic heterocycles. The molecule has 0 unspecified atom stereocenters. The normalized spacial score (nSPS) is 14.3. The maximum Gasteiger partial charge on any atom is 0.272 e. The third-order valence-electron chi connectivity index (χ3n) is 3.83. The monoisotopic (exact) mass is 324 g/mol. The molecule has 24 heavy (non-hydrogen) atoms. The maximum absolute atomic E-state index is 12.6. The predicted octanol–water partition coefficient (Wildman–Crippen LogP) is 1.43. The fourth-order valence-corrected chi connectivity index (χ4v) is 2.57. The molecule has 0 spiro atoms. The van der Waals surface area contributed by atoms with Gasteiger partial charge in [0.2, 0.25) is 5.95 Å². The standard InChI is InChI=1S/C17H20N6O/c1-2-5-18-14-4-8-19-15(13-14)16(24)22-9-11-23(12-10-22)17-20-6-3-7-21-17/h2-4,6-8,13H,1,5,9-12H2,(H,18,19). The van der Waals surface area contributed by atoms with Crippen LogP contribution in [-0.4, -0.2) is 58.5 Å². The van der Waals surface area contributed by atoms with Gasteiger partial charge in [-0.15, -0.1) is 6.58 Å². The van der Waals surface area contributed by atoms with E-state index in [-0.39, 0.29) is 5.91 Å². The molecule has 3 heterocycles. The van der Waals surface area contributed by atoms with Crippen molar-refractivity contribution in [1.29, 1.82) is 0 Å². The molecule has 1 N–H and O–H groups in total. The molecule has 0 saturated carbocycles. The zero-order valence-electron chi connectivity index (χ0n) is 13.4. The molecule has 2 aromatic rings. The zero-order valence-corrected chi connectivity index (χ0v) is 13.4. The summed E-state index contributed by atoms with van der Waals surface area (Å²) in [5, 5.41) is 3.17. The van der Waals surface area contributed by atoms with Gasteiger partial charge in [-0.05, 0) is 18.2 Å². The summed E-state index contributed by atoms with van der Waals surface area (Å²) in [6, 6.07) is 5.41. The number of pyridine rings is 1. The number of carbonyl (C=O) groups excluding carboxylic acids is 1. The van der Waals surface area contributed by atoms with E-state index >= 15 is 0 Å². The van der Waals surface area contributed by atoms with Gasteiger partial charge in [0.15, 0.2) is 0 Å². The number of hydrogen-bond acceptors (Lipinski definition) is 6. The molecule has 124 valence electrons. The molecule has 7 nitrogen and oxygen atoms in total. The van der Waals surface area contributed by atoms with Crippen LogP contribution in [0.1, 0.15) is 10.5 Å². The molecule has 7 heteroatoms. The molecule has 0 radical (unpaired) electrons. The van der Waals surface area contributed by atoms with Gasteiger partial charge >= 0.3 is 0 Å². The van der Waals surface area contributed by atoms with Crippen molar-refractivity contribution in [2.24, 2.45) is 0 Å². The Morgan fingerprint density at radius 2 is 1.92 bits per heavy atom. The average molecular weight is 324 g/mol. The minimum Gasteiger partial charge on any atom is -0.381 e. The molecule has 0 atom stereocenters. The minimum atomic E-state index is -0.0501. The van der Waals surface area contributed by atoms with E-state index in [1.807, 2.05) is 11.0 Å². The summed E-state index contributed by atoms with van der Waals surface area (Å²) in [7, 11) is 0. The van der Waals surface area contributed by atoms with Crippen molar-refractivity contribution in [3.05, 3.63) is 55.1 Å².